The first-order chi connectivity index (χ1) is 22.8. The highest BCUT2D eigenvalue weighted by Gasteiger charge is 2.44. The molecule has 2 fully saturated rings. The van der Waals surface area contributed by atoms with Crippen LogP contribution in [0.4, 0.5) is 5.69 Å². The van der Waals surface area contributed by atoms with Crippen molar-refractivity contribution >= 4 is 40.8 Å². The molecule has 2 saturated carbocycles. The fourth-order valence-corrected chi connectivity index (χ4v) is 9.72. The van der Waals surface area contributed by atoms with Gasteiger partial charge in [0, 0.05) is 47.1 Å². The molecule has 3 aromatic rings. The minimum atomic E-state index is -0.958. The smallest absolute Gasteiger partial charge is 0.335 e. The second-order valence-electron chi connectivity index (χ2n) is 13.9. The topological polar surface area (TPSA) is 92.6 Å². The molecule has 7 nitrogen and oxygen atoms in total. The highest BCUT2D eigenvalue weighted by atomic mass is 35.5. The van der Waals surface area contributed by atoms with Crippen molar-refractivity contribution in [1.29, 1.82) is 0 Å². The number of hydrogen-bond acceptors (Lipinski definition) is 7. The van der Waals surface area contributed by atoms with Crippen molar-refractivity contribution in [2.45, 2.75) is 74.1 Å². The van der Waals surface area contributed by atoms with Crippen LogP contribution < -0.4 is 9.64 Å². The minimum Gasteiger partial charge on any atom is -0.490 e. The summed E-state index contributed by atoms with van der Waals surface area (Å²) in [5.41, 5.74) is 3.33. The van der Waals surface area contributed by atoms with Gasteiger partial charge in [0.05, 0.1) is 17.9 Å². The summed E-state index contributed by atoms with van der Waals surface area (Å²) >= 11 is 8.17. The Bertz CT molecular complexity index is 1670. The van der Waals surface area contributed by atoms with Crippen LogP contribution in [-0.2, 0) is 16.6 Å². The average molecular weight is 672 g/mol. The Hall–Kier alpha value is -3.36. The number of aryl methyl sites for hydroxylation is 1. The molecule has 1 spiro atoms. The van der Waals surface area contributed by atoms with Crippen LogP contribution in [0.2, 0.25) is 5.02 Å². The lowest BCUT2D eigenvalue weighted by atomic mass is 9.68. The molecule has 9 heteroatoms. The number of aromatic carboxylic acids is 1. The predicted molar refractivity (Wildman–Crippen MR) is 186 cm³/mol. The fourth-order valence-electron chi connectivity index (χ4n) is 8.31. The number of benzene rings is 2. The van der Waals surface area contributed by atoms with Gasteiger partial charge in [-0.2, -0.15) is 0 Å². The third-order valence-corrected chi connectivity index (χ3v) is 12.7. The number of carboxylic acid groups (broad SMARTS) is 1. The Labute approximate surface area is 286 Å². The molecular weight excluding hydrogens is 630 g/mol. The van der Waals surface area contributed by atoms with E-state index in [9.17, 15) is 14.7 Å². The Morgan fingerprint density at radius 2 is 1.96 bits per heavy atom. The molecule has 0 radical (unpaired) electrons. The van der Waals surface area contributed by atoms with Gasteiger partial charge in [-0.25, -0.2) is 14.8 Å². The van der Waals surface area contributed by atoms with Crippen LogP contribution in [0.25, 0.3) is 0 Å². The lowest BCUT2D eigenvalue weighted by molar-refractivity contribution is -0.122. The minimum absolute atomic E-state index is 0.0308. The van der Waals surface area contributed by atoms with Crippen LogP contribution in [0.1, 0.15) is 73.4 Å². The Morgan fingerprint density at radius 1 is 1.11 bits per heavy atom. The molecule has 2 aromatic carbocycles. The van der Waals surface area contributed by atoms with E-state index in [0.717, 1.165) is 67.2 Å². The van der Waals surface area contributed by atoms with Gasteiger partial charge in [0.15, 0.2) is 10.9 Å². The molecule has 0 bridgehead atoms. The third kappa shape index (κ3) is 6.68. The van der Waals surface area contributed by atoms with Crippen molar-refractivity contribution in [2.75, 3.05) is 24.6 Å². The fraction of sp³-hybridized carbons (Fsp3) is 0.474. The van der Waals surface area contributed by atoms with Gasteiger partial charge in [0.25, 0.3) is 0 Å². The second-order valence-corrected chi connectivity index (χ2v) is 15.6. The summed E-state index contributed by atoms with van der Waals surface area (Å²) in [7, 11) is 0. The van der Waals surface area contributed by atoms with E-state index in [2.05, 4.69) is 40.0 Å². The molecule has 3 aliphatic carbocycles. The first kappa shape index (κ1) is 32.2. The summed E-state index contributed by atoms with van der Waals surface area (Å²) in [5, 5.41) is 11.8. The molecule has 246 valence electrons. The van der Waals surface area contributed by atoms with Crippen molar-refractivity contribution in [1.82, 2.24) is 9.97 Å². The van der Waals surface area contributed by atoms with Gasteiger partial charge in [-0.1, -0.05) is 48.8 Å². The van der Waals surface area contributed by atoms with Crippen molar-refractivity contribution in [3.63, 3.8) is 0 Å². The van der Waals surface area contributed by atoms with Gasteiger partial charge in [-0.05, 0) is 116 Å². The molecule has 2 heterocycles. The number of rotatable bonds is 8. The van der Waals surface area contributed by atoms with Gasteiger partial charge >= 0.3 is 5.97 Å². The Balaban J connectivity index is 1.09. The lowest BCUT2D eigenvalue weighted by Crippen LogP contribution is -2.49. The first-order valence-electron chi connectivity index (χ1n) is 17.0. The van der Waals surface area contributed by atoms with E-state index in [0.29, 0.717) is 42.5 Å². The number of nitrogens with zero attached hydrogens (tertiary/aromatic N) is 3. The molecule has 4 aliphatic rings. The van der Waals surface area contributed by atoms with E-state index in [1.54, 1.807) is 42.4 Å². The largest absolute Gasteiger partial charge is 0.490 e. The van der Waals surface area contributed by atoms with Gasteiger partial charge in [-0.15, -0.1) is 0 Å². The summed E-state index contributed by atoms with van der Waals surface area (Å²) < 4.78 is 6.51. The van der Waals surface area contributed by atoms with Crippen molar-refractivity contribution in [3.05, 3.63) is 88.7 Å². The molecule has 1 unspecified atom stereocenters. The van der Waals surface area contributed by atoms with Crippen LogP contribution in [-0.4, -0.2) is 51.8 Å². The number of allylic oxidation sites excluding steroid dienone is 2. The first-order valence-corrected chi connectivity index (χ1v) is 18.3. The zero-order chi connectivity index (χ0) is 32.5. The zero-order valence-corrected chi connectivity index (χ0v) is 28.4. The quantitative estimate of drug-likeness (QED) is 0.190. The highest BCUT2D eigenvalue weighted by molar-refractivity contribution is 7.99. The lowest BCUT2D eigenvalue weighted by Gasteiger charge is -2.44. The van der Waals surface area contributed by atoms with Crippen molar-refractivity contribution in [2.24, 2.45) is 23.7 Å². The monoisotopic (exact) mass is 671 g/mol. The number of anilines is 1. The SMILES string of the molecule is C[C@H]1[C@H](/C=C/C(=O)[C@@H]2CC[C@H]2CN2CC3(CCCc4cc(Cl)ccc43)COc3ccc(C(=O)O)cc32)CCC[C@H]1Sc1ncccn1. The van der Waals surface area contributed by atoms with Crippen molar-refractivity contribution in [3.8, 4) is 5.75 Å². The molecule has 6 atom stereocenters. The number of fused-ring (bicyclic) bond motifs is 3. The van der Waals surface area contributed by atoms with E-state index < -0.39 is 5.97 Å². The van der Waals surface area contributed by atoms with Crippen LogP contribution in [0.3, 0.4) is 0 Å². The zero-order valence-electron chi connectivity index (χ0n) is 26.8. The van der Waals surface area contributed by atoms with Gasteiger partial charge in [0.2, 0.25) is 0 Å². The third-order valence-electron chi connectivity index (χ3n) is 11.1. The number of ketones is 1. The molecular formula is C38H42ClN3O4S. The van der Waals surface area contributed by atoms with Crippen LogP contribution in [0.15, 0.2) is 72.2 Å². The molecule has 0 saturated heterocycles. The molecule has 47 heavy (non-hydrogen) atoms. The Kier molecular flexibility index (Phi) is 9.34. The van der Waals surface area contributed by atoms with E-state index in [4.69, 9.17) is 16.3 Å². The molecule has 1 aromatic heterocycles. The van der Waals surface area contributed by atoms with Crippen molar-refractivity contribution < 1.29 is 19.4 Å². The maximum Gasteiger partial charge on any atom is 0.335 e. The number of aromatic nitrogens is 2. The maximum atomic E-state index is 13.7. The van der Waals surface area contributed by atoms with E-state index in [-0.39, 0.29) is 28.6 Å². The molecule has 1 N–H and O–H groups in total. The molecule has 1 aliphatic heterocycles. The summed E-state index contributed by atoms with van der Waals surface area (Å²) in [5.74, 6) is 0.912. The number of ether oxygens (including phenoxy) is 1. The summed E-state index contributed by atoms with van der Waals surface area (Å²) in [6.45, 7) is 4.20. The van der Waals surface area contributed by atoms with Crippen LogP contribution >= 0.6 is 23.4 Å². The van der Waals surface area contributed by atoms with Gasteiger partial charge < -0.3 is 14.7 Å². The van der Waals surface area contributed by atoms with E-state index >= 15 is 0 Å². The van der Waals surface area contributed by atoms with Crippen LogP contribution in [0.5, 0.6) is 5.75 Å². The predicted octanol–water partition coefficient (Wildman–Crippen LogP) is 8.05. The van der Waals surface area contributed by atoms with Gasteiger partial charge in [0.1, 0.15) is 5.75 Å². The number of halogens is 1. The number of carbonyl (C=O) groups excluding carboxylic acids is 1. The second kappa shape index (κ2) is 13.6. The molecule has 0 amide bonds. The number of carboxylic acids is 1. The maximum absolute atomic E-state index is 13.7. The molecule has 7 rings (SSSR count). The number of carbonyl (C=O) groups is 2. The normalized spacial score (nSPS) is 28.6. The summed E-state index contributed by atoms with van der Waals surface area (Å²) in [6, 6.07) is 13.2. The highest BCUT2D eigenvalue weighted by Crippen LogP contribution is 2.47. The summed E-state index contributed by atoms with van der Waals surface area (Å²) in [6.07, 6.45) is 15.9. The van der Waals surface area contributed by atoms with E-state index in [1.165, 1.54) is 11.1 Å². The number of hydrogen-bond donors (Lipinski definition) is 1. The van der Waals surface area contributed by atoms with E-state index in [1.807, 2.05) is 18.2 Å². The number of thioether (sulfide) groups is 1. The standard InChI is InChI=1S/C38H42ClN3O4S/c1-24-25(5-2-7-35(24)47-37-40-17-4-18-41-37)9-14-33(43)30-12-8-28(30)21-42-22-38(16-3-6-26-19-29(39)11-13-31(26)38)23-46-34-15-10-27(36(44)45)20-32(34)42/h4,9-11,13-15,17-20,24-25,28,30,35H,2-3,5-8,12,16,21-23H2,1H3,(H,44,45)/b14-9+/t24-,25-,28-,30+,35+,38?/m0/s1. The average Bonchev–Trinajstić information content (AvgIpc) is 3.20. The van der Waals surface area contributed by atoms with Gasteiger partial charge in [-0.3, -0.25) is 4.79 Å². The summed E-state index contributed by atoms with van der Waals surface area (Å²) in [4.78, 5) is 36.9. The Morgan fingerprint density at radius 3 is 2.74 bits per heavy atom. The van der Waals surface area contributed by atoms with Crippen LogP contribution in [0, 0.1) is 23.7 Å².